The van der Waals surface area contributed by atoms with Gasteiger partial charge in [-0.3, -0.25) is 0 Å². The Morgan fingerprint density at radius 1 is 1.11 bits per heavy atom. The number of halogens is 3. The molecule has 0 aliphatic carbocycles. The van der Waals surface area contributed by atoms with Gasteiger partial charge in [0.05, 0.1) is 10.0 Å². The smallest absolute Gasteiger partial charge is 0.161 e. The molecule has 1 heterocycles. The van der Waals surface area contributed by atoms with Gasteiger partial charge in [0.25, 0.3) is 0 Å². The molecule has 0 saturated carbocycles. The van der Waals surface area contributed by atoms with E-state index in [1.54, 1.807) is 6.07 Å². The molecule has 0 bridgehead atoms. The highest BCUT2D eigenvalue weighted by molar-refractivity contribution is 9.10. The number of aryl methyl sites for hydroxylation is 1. The van der Waals surface area contributed by atoms with E-state index in [0.717, 1.165) is 15.7 Å². The van der Waals surface area contributed by atoms with Gasteiger partial charge in [0.1, 0.15) is 0 Å². The Hall–Kier alpha value is -1.01. The number of benzene rings is 1. The fourth-order valence-corrected chi connectivity index (χ4v) is 2.67. The van der Waals surface area contributed by atoms with Crippen molar-refractivity contribution >= 4 is 56.5 Å². The molecule has 7 heteroatoms. The van der Waals surface area contributed by atoms with Gasteiger partial charge in [-0.1, -0.05) is 39.1 Å². The van der Waals surface area contributed by atoms with Gasteiger partial charge < -0.3 is 10.7 Å². The molecular weight excluding hydrogens is 351 g/mol. The normalized spacial score (nSPS) is 10.4. The van der Waals surface area contributed by atoms with E-state index in [-0.39, 0.29) is 0 Å². The lowest BCUT2D eigenvalue weighted by Gasteiger charge is -2.11. The molecule has 0 saturated heterocycles. The van der Waals surface area contributed by atoms with Crippen LogP contribution in [0.2, 0.25) is 10.0 Å². The van der Waals surface area contributed by atoms with Crippen molar-refractivity contribution in [2.45, 2.75) is 6.92 Å². The summed E-state index contributed by atoms with van der Waals surface area (Å²) in [7, 11) is 0. The van der Waals surface area contributed by atoms with E-state index in [0.29, 0.717) is 21.7 Å². The molecule has 0 amide bonds. The quantitative estimate of drug-likeness (QED) is 0.556. The molecule has 0 spiro atoms. The molecular formula is C12H11BrCl2N4. The van der Waals surface area contributed by atoms with Crippen LogP contribution in [0.1, 0.15) is 5.56 Å². The molecule has 0 unspecified atom stereocenters. The standard InChI is InChI=1S/C12H11BrCl2N4/c1-6-2-7(13)4-8(3-6)17-11-9(14)5-10(15)12(18-11)19-16/h2-5H,16H2,1H3,(H2,17,18,19). The van der Waals surface area contributed by atoms with Crippen LogP contribution >= 0.6 is 39.1 Å². The summed E-state index contributed by atoms with van der Waals surface area (Å²) in [5, 5.41) is 3.91. The Labute approximate surface area is 129 Å². The van der Waals surface area contributed by atoms with Gasteiger partial charge in [-0.05, 0) is 36.8 Å². The Bertz CT molecular complexity index is 599. The maximum Gasteiger partial charge on any atom is 0.161 e. The molecule has 1 aromatic carbocycles. The first-order chi connectivity index (χ1) is 8.99. The van der Waals surface area contributed by atoms with E-state index in [2.05, 4.69) is 31.7 Å². The van der Waals surface area contributed by atoms with Crippen LogP contribution in [-0.2, 0) is 0 Å². The van der Waals surface area contributed by atoms with Crippen molar-refractivity contribution in [1.29, 1.82) is 0 Å². The zero-order chi connectivity index (χ0) is 14.0. The topological polar surface area (TPSA) is 63.0 Å². The number of pyridine rings is 1. The molecule has 2 aromatic rings. The highest BCUT2D eigenvalue weighted by Crippen LogP contribution is 2.31. The van der Waals surface area contributed by atoms with Crippen LogP contribution in [0.5, 0.6) is 0 Å². The number of anilines is 3. The Morgan fingerprint density at radius 3 is 2.42 bits per heavy atom. The summed E-state index contributed by atoms with van der Waals surface area (Å²) in [5.74, 6) is 6.18. The van der Waals surface area contributed by atoms with Gasteiger partial charge >= 0.3 is 0 Å². The lowest BCUT2D eigenvalue weighted by molar-refractivity contribution is 1.22. The third-order valence-corrected chi connectivity index (χ3v) is 3.41. The van der Waals surface area contributed by atoms with Crippen molar-refractivity contribution in [2.24, 2.45) is 5.84 Å². The van der Waals surface area contributed by atoms with Gasteiger partial charge in [-0.25, -0.2) is 10.8 Å². The number of nitrogens with two attached hydrogens (primary N) is 1. The number of hydrogen-bond donors (Lipinski definition) is 3. The number of nitrogen functional groups attached to an aromatic ring is 1. The Balaban J connectivity index is 2.37. The van der Waals surface area contributed by atoms with Crippen molar-refractivity contribution in [2.75, 3.05) is 10.7 Å². The Kier molecular flexibility index (Phi) is 4.52. The summed E-state index contributed by atoms with van der Waals surface area (Å²) < 4.78 is 0.970. The van der Waals surface area contributed by atoms with Gasteiger partial charge in [-0.2, -0.15) is 0 Å². The summed E-state index contributed by atoms with van der Waals surface area (Å²) in [6.45, 7) is 2.00. The molecule has 0 aliphatic heterocycles. The predicted molar refractivity (Wildman–Crippen MR) is 84.2 cm³/mol. The lowest BCUT2D eigenvalue weighted by atomic mass is 10.2. The third-order valence-electron chi connectivity index (χ3n) is 2.37. The van der Waals surface area contributed by atoms with Crippen molar-refractivity contribution in [1.82, 2.24) is 4.98 Å². The minimum atomic E-state index is 0.361. The molecule has 100 valence electrons. The minimum absolute atomic E-state index is 0.361. The number of aromatic nitrogens is 1. The number of hydrogen-bond acceptors (Lipinski definition) is 4. The van der Waals surface area contributed by atoms with Crippen LogP contribution in [0.4, 0.5) is 17.3 Å². The van der Waals surface area contributed by atoms with E-state index in [1.165, 1.54) is 0 Å². The molecule has 0 atom stereocenters. The molecule has 4 nitrogen and oxygen atoms in total. The summed E-state index contributed by atoms with van der Waals surface area (Å²) in [4.78, 5) is 4.22. The fourth-order valence-electron chi connectivity index (χ4n) is 1.60. The maximum absolute atomic E-state index is 6.10. The third kappa shape index (κ3) is 3.51. The second kappa shape index (κ2) is 5.96. The maximum atomic E-state index is 6.10. The van der Waals surface area contributed by atoms with Crippen LogP contribution < -0.4 is 16.6 Å². The van der Waals surface area contributed by atoms with Crippen LogP contribution in [0.3, 0.4) is 0 Å². The van der Waals surface area contributed by atoms with E-state index in [1.807, 2.05) is 25.1 Å². The SMILES string of the molecule is Cc1cc(Br)cc(Nc2nc(NN)c(Cl)cc2Cl)c1. The lowest BCUT2D eigenvalue weighted by Crippen LogP contribution is -2.10. The Morgan fingerprint density at radius 2 is 1.79 bits per heavy atom. The molecule has 4 N–H and O–H groups in total. The molecule has 1 aromatic heterocycles. The van der Waals surface area contributed by atoms with Crippen LogP contribution in [0.25, 0.3) is 0 Å². The highest BCUT2D eigenvalue weighted by atomic mass is 79.9. The zero-order valence-electron chi connectivity index (χ0n) is 9.97. The van der Waals surface area contributed by atoms with Crippen molar-refractivity contribution in [3.63, 3.8) is 0 Å². The number of nitrogens with zero attached hydrogens (tertiary/aromatic N) is 1. The summed E-state index contributed by atoms with van der Waals surface area (Å²) in [6.07, 6.45) is 0. The van der Waals surface area contributed by atoms with Crippen molar-refractivity contribution < 1.29 is 0 Å². The monoisotopic (exact) mass is 360 g/mol. The minimum Gasteiger partial charge on any atom is -0.339 e. The van der Waals surface area contributed by atoms with Crippen molar-refractivity contribution in [3.05, 3.63) is 44.3 Å². The summed E-state index contributed by atoms with van der Waals surface area (Å²) in [5.41, 5.74) is 4.40. The molecule has 0 radical (unpaired) electrons. The average Bonchev–Trinajstić information content (AvgIpc) is 2.31. The highest BCUT2D eigenvalue weighted by Gasteiger charge is 2.09. The largest absolute Gasteiger partial charge is 0.339 e. The van der Waals surface area contributed by atoms with Crippen LogP contribution in [-0.4, -0.2) is 4.98 Å². The van der Waals surface area contributed by atoms with Crippen LogP contribution in [0, 0.1) is 6.92 Å². The number of hydrazine groups is 1. The van der Waals surface area contributed by atoms with Crippen LogP contribution in [0.15, 0.2) is 28.7 Å². The van der Waals surface area contributed by atoms with E-state index in [4.69, 9.17) is 29.0 Å². The van der Waals surface area contributed by atoms with E-state index in [9.17, 15) is 0 Å². The predicted octanol–water partition coefficient (Wildman–Crippen LogP) is 4.49. The number of rotatable bonds is 3. The van der Waals surface area contributed by atoms with Gasteiger partial charge in [0.15, 0.2) is 11.6 Å². The molecule has 19 heavy (non-hydrogen) atoms. The van der Waals surface area contributed by atoms with Gasteiger partial charge in [0, 0.05) is 10.2 Å². The first kappa shape index (κ1) is 14.4. The second-order valence-corrected chi connectivity index (χ2v) is 5.67. The van der Waals surface area contributed by atoms with Gasteiger partial charge in [0.2, 0.25) is 0 Å². The van der Waals surface area contributed by atoms with Gasteiger partial charge in [-0.15, -0.1) is 0 Å². The average molecular weight is 362 g/mol. The first-order valence-electron chi connectivity index (χ1n) is 5.36. The first-order valence-corrected chi connectivity index (χ1v) is 6.91. The molecule has 0 fully saturated rings. The summed E-state index contributed by atoms with van der Waals surface area (Å²) >= 11 is 15.5. The van der Waals surface area contributed by atoms with Crippen molar-refractivity contribution in [3.8, 4) is 0 Å². The van der Waals surface area contributed by atoms with E-state index < -0.39 is 0 Å². The second-order valence-electron chi connectivity index (χ2n) is 3.94. The molecule has 2 rings (SSSR count). The summed E-state index contributed by atoms with van der Waals surface area (Å²) in [6, 6.07) is 7.50. The fraction of sp³-hybridized carbons (Fsp3) is 0.0833. The molecule has 0 aliphatic rings. The number of nitrogens with one attached hydrogen (secondary N) is 2. The zero-order valence-corrected chi connectivity index (χ0v) is 13.1. The van der Waals surface area contributed by atoms with E-state index >= 15 is 0 Å².